The van der Waals surface area contributed by atoms with E-state index in [0.29, 0.717) is 11.1 Å². The van der Waals surface area contributed by atoms with E-state index in [-0.39, 0.29) is 0 Å². The Balaban J connectivity index is 1.52. The molecule has 112 valence electrons. The minimum Gasteiger partial charge on any atom is -0.371 e. The maximum absolute atomic E-state index is 5.98. The van der Waals surface area contributed by atoms with E-state index in [1.54, 1.807) is 6.20 Å². The molecule has 0 bridgehead atoms. The van der Waals surface area contributed by atoms with Crippen LogP contribution in [0.1, 0.15) is 24.6 Å². The number of piperidine rings is 1. The van der Waals surface area contributed by atoms with E-state index in [9.17, 15) is 0 Å². The summed E-state index contributed by atoms with van der Waals surface area (Å²) in [6.45, 7) is 1.99. The van der Waals surface area contributed by atoms with Crippen LogP contribution in [0.15, 0.2) is 42.7 Å². The van der Waals surface area contributed by atoms with Gasteiger partial charge in [-0.1, -0.05) is 17.7 Å². The van der Waals surface area contributed by atoms with Crippen LogP contribution in [0.4, 0.5) is 5.69 Å². The minimum absolute atomic E-state index is 0.450. The number of nitrogens with zero attached hydrogens (tertiary/aromatic N) is 5. The minimum atomic E-state index is 0.450. The molecule has 5 nitrogen and oxygen atoms in total. The van der Waals surface area contributed by atoms with Gasteiger partial charge in [0.2, 0.25) is 0 Å². The number of hydrogen-bond donors (Lipinski definition) is 0. The van der Waals surface area contributed by atoms with E-state index in [1.807, 2.05) is 36.5 Å². The summed E-state index contributed by atoms with van der Waals surface area (Å²) in [5.41, 5.74) is 2.06. The summed E-state index contributed by atoms with van der Waals surface area (Å²) in [6.07, 6.45) is 5.93. The molecule has 3 aromatic rings. The van der Waals surface area contributed by atoms with E-state index < -0.39 is 0 Å². The van der Waals surface area contributed by atoms with Gasteiger partial charge in [-0.2, -0.15) is 0 Å². The van der Waals surface area contributed by atoms with Crippen molar-refractivity contribution in [2.75, 3.05) is 18.0 Å². The molecule has 22 heavy (non-hydrogen) atoms. The molecule has 4 heterocycles. The average molecular weight is 314 g/mol. The fourth-order valence-corrected chi connectivity index (χ4v) is 3.29. The molecule has 1 aliphatic rings. The van der Waals surface area contributed by atoms with Crippen molar-refractivity contribution in [2.24, 2.45) is 0 Å². The van der Waals surface area contributed by atoms with Gasteiger partial charge in [-0.15, -0.1) is 10.2 Å². The van der Waals surface area contributed by atoms with Gasteiger partial charge in [-0.05, 0) is 37.1 Å². The zero-order valence-electron chi connectivity index (χ0n) is 12.1. The number of aromatic nitrogens is 4. The van der Waals surface area contributed by atoms with Gasteiger partial charge < -0.3 is 4.90 Å². The third-order valence-electron chi connectivity index (χ3n) is 4.28. The molecule has 0 aliphatic carbocycles. The molecule has 1 saturated heterocycles. The average Bonchev–Trinajstić information content (AvgIpc) is 2.99. The SMILES string of the molecule is Clc1cc(N2CCC(c3nnc4ccccn34)CC2)ccn1. The van der Waals surface area contributed by atoms with Crippen molar-refractivity contribution in [3.63, 3.8) is 0 Å². The highest BCUT2D eigenvalue weighted by molar-refractivity contribution is 6.29. The predicted molar refractivity (Wildman–Crippen MR) is 86.4 cm³/mol. The summed E-state index contributed by atoms with van der Waals surface area (Å²) in [4.78, 5) is 6.40. The number of rotatable bonds is 2. The highest BCUT2D eigenvalue weighted by Crippen LogP contribution is 2.30. The van der Waals surface area contributed by atoms with Crippen molar-refractivity contribution in [1.29, 1.82) is 0 Å². The van der Waals surface area contributed by atoms with Crippen LogP contribution in [0.25, 0.3) is 5.65 Å². The summed E-state index contributed by atoms with van der Waals surface area (Å²) in [6, 6.07) is 9.94. The van der Waals surface area contributed by atoms with Crippen LogP contribution in [-0.2, 0) is 0 Å². The first-order valence-electron chi connectivity index (χ1n) is 7.47. The van der Waals surface area contributed by atoms with Crippen molar-refractivity contribution < 1.29 is 0 Å². The second-order valence-electron chi connectivity index (χ2n) is 5.59. The van der Waals surface area contributed by atoms with Crippen molar-refractivity contribution in [3.05, 3.63) is 53.7 Å². The van der Waals surface area contributed by atoms with Gasteiger partial charge in [0.15, 0.2) is 5.65 Å². The largest absolute Gasteiger partial charge is 0.371 e. The van der Waals surface area contributed by atoms with Crippen LogP contribution in [0.5, 0.6) is 0 Å². The zero-order valence-corrected chi connectivity index (χ0v) is 12.8. The van der Waals surface area contributed by atoms with Crippen LogP contribution < -0.4 is 4.90 Å². The van der Waals surface area contributed by atoms with Gasteiger partial charge in [0.05, 0.1) is 0 Å². The van der Waals surface area contributed by atoms with Gasteiger partial charge in [-0.25, -0.2) is 4.98 Å². The van der Waals surface area contributed by atoms with Crippen molar-refractivity contribution in [2.45, 2.75) is 18.8 Å². The van der Waals surface area contributed by atoms with Gasteiger partial charge in [0.25, 0.3) is 0 Å². The van der Waals surface area contributed by atoms with Gasteiger partial charge in [0, 0.05) is 37.1 Å². The first-order chi connectivity index (χ1) is 10.8. The molecule has 6 heteroatoms. The van der Waals surface area contributed by atoms with E-state index >= 15 is 0 Å². The lowest BCUT2D eigenvalue weighted by molar-refractivity contribution is 0.482. The first-order valence-corrected chi connectivity index (χ1v) is 7.85. The quantitative estimate of drug-likeness (QED) is 0.682. The van der Waals surface area contributed by atoms with E-state index in [0.717, 1.165) is 43.1 Å². The number of anilines is 1. The van der Waals surface area contributed by atoms with E-state index in [4.69, 9.17) is 11.6 Å². The third-order valence-corrected chi connectivity index (χ3v) is 4.48. The molecular weight excluding hydrogens is 298 g/mol. The van der Waals surface area contributed by atoms with E-state index in [1.165, 1.54) is 0 Å². The van der Waals surface area contributed by atoms with Gasteiger partial charge in [0.1, 0.15) is 11.0 Å². The lowest BCUT2D eigenvalue weighted by atomic mass is 9.95. The fourth-order valence-electron chi connectivity index (χ4n) is 3.12. The Morgan fingerprint density at radius 3 is 2.77 bits per heavy atom. The lowest BCUT2D eigenvalue weighted by Gasteiger charge is -2.32. The molecule has 0 amide bonds. The molecule has 1 aliphatic heterocycles. The first kappa shape index (κ1) is 13.5. The monoisotopic (exact) mass is 313 g/mol. The second-order valence-corrected chi connectivity index (χ2v) is 5.97. The smallest absolute Gasteiger partial charge is 0.160 e. The molecule has 0 unspecified atom stereocenters. The van der Waals surface area contributed by atoms with Crippen LogP contribution in [0.3, 0.4) is 0 Å². The summed E-state index contributed by atoms with van der Waals surface area (Å²) >= 11 is 5.98. The summed E-state index contributed by atoms with van der Waals surface area (Å²) in [5, 5.41) is 9.20. The third kappa shape index (κ3) is 2.41. The Morgan fingerprint density at radius 2 is 1.95 bits per heavy atom. The Kier molecular flexibility index (Phi) is 3.42. The second kappa shape index (κ2) is 5.57. The highest BCUT2D eigenvalue weighted by atomic mass is 35.5. The maximum atomic E-state index is 5.98. The van der Waals surface area contributed by atoms with Gasteiger partial charge in [-0.3, -0.25) is 4.40 Å². The lowest BCUT2D eigenvalue weighted by Crippen LogP contribution is -2.33. The molecule has 0 saturated carbocycles. The zero-order chi connectivity index (χ0) is 14.9. The van der Waals surface area contributed by atoms with E-state index in [2.05, 4.69) is 24.5 Å². The van der Waals surface area contributed by atoms with Crippen molar-refractivity contribution >= 4 is 22.9 Å². The molecule has 4 rings (SSSR count). The Hall–Kier alpha value is -2.14. The highest BCUT2D eigenvalue weighted by Gasteiger charge is 2.24. The van der Waals surface area contributed by atoms with Gasteiger partial charge >= 0.3 is 0 Å². The fraction of sp³-hybridized carbons (Fsp3) is 0.312. The molecule has 0 aromatic carbocycles. The molecule has 1 fully saturated rings. The molecule has 0 radical (unpaired) electrons. The molecule has 3 aromatic heterocycles. The maximum Gasteiger partial charge on any atom is 0.160 e. The predicted octanol–water partition coefficient (Wildman–Crippen LogP) is 3.16. The summed E-state index contributed by atoms with van der Waals surface area (Å²) < 4.78 is 2.10. The number of hydrogen-bond acceptors (Lipinski definition) is 4. The van der Waals surface area contributed by atoms with Crippen molar-refractivity contribution in [1.82, 2.24) is 19.6 Å². The topological polar surface area (TPSA) is 46.3 Å². The molecule has 0 N–H and O–H groups in total. The van der Waals surface area contributed by atoms with Crippen molar-refractivity contribution in [3.8, 4) is 0 Å². The standard InChI is InChI=1S/C16H16ClN5/c17-14-11-13(4-7-18-14)21-9-5-12(6-10-21)16-20-19-15-3-1-2-8-22(15)16/h1-4,7-8,11-12H,5-6,9-10H2. The number of fused-ring (bicyclic) bond motifs is 1. The summed E-state index contributed by atoms with van der Waals surface area (Å²) in [7, 11) is 0. The Morgan fingerprint density at radius 1 is 1.09 bits per heavy atom. The summed E-state index contributed by atoms with van der Waals surface area (Å²) in [5.74, 6) is 1.52. The number of pyridine rings is 2. The molecular formula is C16H16ClN5. The number of halogens is 1. The normalized spacial score (nSPS) is 16.3. The molecule has 0 spiro atoms. The Bertz CT molecular complexity index is 792. The van der Waals surface area contributed by atoms with Crippen LogP contribution in [0.2, 0.25) is 5.15 Å². The molecule has 0 atom stereocenters. The Labute approximate surface area is 133 Å². The van der Waals surface area contributed by atoms with Crippen LogP contribution in [0, 0.1) is 0 Å². The van der Waals surface area contributed by atoms with Crippen LogP contribution >= 0.6 is 11.6 Å². The van der Waals surface area contributed by atoms with Crippen LogP contribution in [-0.4, -0.2) is 32.7 Å².